The zero-order valence-corrected chi connectivity index (χ0v) is 12.1. The van der Waals surface area contributed by atoms with Crippen molar-refractivity contribution in [3.8, 4) is 0 Å². The Balaban J connectivity index is 2.00. The minimum atomic E-state index is -0.722. The van der Waals surface area contributed by atoms with Crippen LogP contribution in [-0.2, 0) is 4.79 Å². The number of aliphatic carboxylic acids is 1. The van der Waals surface area contributed by atoms with Crippen molar-refractivity contribution < 1.29 is 9.90 Å². The molecule has 2 atom stereocenters. The lowest BCUT2D eigenvalue weighted by Crippen LogP contribution is -2.08. The van der Waals surface area contributed by atoms with Gasteiger partial charge in [-0.25, -0.2) is 0 Å². The van der Waals surface area contributed by atoms with Gasteiger partial charge in [-0.3, -0.25) is 4.79 Å². The molecule has 1 aliphatic carbocycles. The normalized spacial score (nSPS) is 20.6. The van der Waals surface area contributed by atoms with E-state index >= 15 is 0 Å². The lowest BCUT2D eigenvalue weighted by atomic mass is 9.93. The second kappa shape index (κ2) is 5.33. The van der Waals surface area contributed by atoms with E-state index < -0.39 is 5.97 Å². The van der Waals surface area contributed by atoms with Crippen molar-refractivity contribution in [1.29, 1.82) is 0 Å². The van der Waals surface area contributed by atoms with E-state index in [0.717, 1.165) is 11.1 Å². The first-order chi connectivity index (χ1) is 9.70. The van der Waals surface area contributed by atoms with Gasteiger partial charge in [0.05, 0.1) is 5.92 Å². The van der Waals surface area contributed by atoms with Gasteiger partial charge in [0.25, 0.3) is 0 Å². The summed E-state index contributed by atoms with van der Waals surface area (Å²) in [6.45, 7) is 0. The van der Waals surface area contributed by atoms with Gasteiger partial charge >= 0.3 is 5.97 Å². The van der Waals surface area contributed by atoms with Crippen LogP contribution in [0, 0.1) is 0 Å². The van der Waals surface area contributed by atoms with E-state index in [-0.39, 0.29) is 11.8 Å². The first-order valence-electron chi connectivity index (χ1n) is 6.66. The molecule has 0 fully saturated rings. The summed E-state index contributed by atoms with van der Waals surface area (Å²) >= 11 is 1.72. The molecule has 102 valence electrons. The van der Waals surface area contributed by atoms with Crippen LogP contribution in [0.2, 0.25) is 0 Å². The Morgan fingerprint density at radius 3 is 2.35 bits per heavy atom. The van der Waals surface area contributed by atoms with Crippen LogP contribution in [0.4, 0.5) is 0 Å². The number of rotatable bonds is 3. The van der Waals surface area contributed by atoms with Crippen LogP contribution in [0.1, 0.15) is 34.9 Å². The Morgan fingerprint density at radius 2 is 1.75 bits per heavy atom. The van der Waals surface area contributed by atoms with Crippen molar-refractivity contribution in [3.63, 3.8) is 0 Å². The molecule has 0 saturated carbocycles. The number of hydrogen-bond acceptors (Lipinski definition) is 2. The maximum Gasteiger partial charge on any atom is 0.311 e. The summed E-state index contributed by atoms with van der Waals surface area (Å²) in [6, 6.07) is 16.4. The van der Waals surface area contributed by atoms with Gasteiger partial charge in [0.2, 0.25) is 0 Å². The third-order valence-electron chi connectivity index (χ3n) is 4.03. The van der Waals surface area contributed by atoms with E-state index in [0.29, 0.717) is 6.42 Å². The summed E-state index contributed by atoms with van der Waals surface area (Å²) < 4.78 is 0. The van der Waals surface area contributed by atoms with Gasteiger partial charge in [-0.15, -0.1) is 11.8 Å². The fraction of sp³-hybridized carbons (Fsp3) is 0.235. The quantitative estimate of drug-likeness (QED) is 0.862. The Kier molecular flexibility index (Phi) is 3.53. The molecule has 20 heavy (non-hydrogen) atoms. The van der Waals surface area contributed by atoms with Crippen LogP contribution in [-0.4, -0.2) is 17.3 Å². The molecule has 0 aliphatic heterocycles. The van der Waals surface area contributed by atoms with Crippen molar-refractivity contribution in [3.05, 3.63) is 65.2 Å². The fourth-order valence-corrected chi connectivity index (χ4v) is 3.43. The predicted molar refractivity (Wildman–Crippen MR) is 81.5 cm³/mol. The molecular formula is C17H16O2S. The number of benzene rings is 2. The molecule has 1 N–H and O–H groups in total. The van der Waals surface area contributed by atoms with Crippen molar-refractivity contribution in [2.75, 3.05) is 6.26 Å². The summed E-state index contributed by atoms with van der Waals surface area (Å²) in [6.07, 6.45) is 2.72. The zero-order chi connectivity index (χ0) is 14.1. The van der Waals surface area contributed by atoms with Gasteiger partial charge in [-0.2, -0.15) is 0 Å². The third kappa shape index (κ3) is 2.22. The number of fused-ring (bicyclic) bond motifs is 1. The first-order valence-corrected chi connectivity index (χ1v) is 7.88. The van der Waals surface area contributed by atoms with Crippen LogP contribution < -0.4 is 0 Å². The van der Waals surface area contributed by atoms with Crippen molar-refractivity contribution in [2.24, 2.45) is 0 Å². The summed E-state index contributed by atoms with van der Waals surface area (Å²) in [5.41, 5.74) is 3.34. The van der Waals surface area contributed by atoms with Gasteiger partial charge in [0.15, 0.2) is 0 Å². The highest BCUT2D eigenvalue weighted by atomic mass is 32.2. The molecule has 0 bridgehead atoms. The van der Waals surface area contributed by atoms with E-state index in [9.17, 15) is 9.90 Å². The van der Waals surface area contributed by atoms with Crippen LogP contribution in [0.3, 0.4) is 0 Å². The maximum absolute atomic E-state index is 11.4. The predicted octanol–water partition coefficient (Wildman–Crippen LogP) is 4.11. The average molecular weight is 284 g/mol. The summed E-state index contributed by atoms with van der Waals surface area (Å²) in [4.78, 5) is 12.7. The molecule has 2 unspecified atom stereocenters. The van der Waals surface area contributed by atoms with Crippen LogP contribution in [0.5, 0.6) is 0 Å². The minimum Gasteiger partial charge on any atom is -0.481 e. The molecule has 3 rings (SSSR count). The minimum absolute atomic E-state index is 0.197. The highest BCUT2D eigenvalue weighted by Gasteiger charge is 2.35. The highest BCUT2D eigenvalue weighted by Crippen LogP contribution is 2.45. The standard InChI is InChI=1S/C17H16O2S/c1-20-12-8-6-11(7-9-12)15-10-16(17(18)19)14-5-3-2-4-13(14)15/h2-9,15-16H,10H2,1H3,(H,18,19). The van der Waals surface area contributed by atoms with Crippen LogP contribution >= 0.6 is 11.8 Å². The topological polar surface area (TPSA) is 37.3 Å². The van der Waals surface area contributed by atoms with Crippen LogP contribution in [0.25, 0.3) is 0 Å². The zero-order valence-electron chi connectivity index (χ0n) is 11.2. The molecule has 2 aromatic rings. The van der Waals surface area contributed by atoms with Crippen molar-refractivity contribution in [1.82, 2.24) is 0 Å². The third-order valence-corrected chi connectivity index (χ3v) is 4.78. The second-order valence-corrected chi connectivity index (χ2v) is 5.96. The molecule has 0 aromatic heterocycles. The first kappa shape index (κ1) is 13.3. The van der Waals surface area contributed by atoms with Crippen LogP contribution in [0.15, 0.2) is 53.4 Å². The lowest BCUT2D eigenvalue weighted by molar-refractivity contribution is -0.138. The molecule has 2 aromatic carbocycles. The highest BCUT2D eigenvalue weighted by molar-refractivity contribution is 7.98. The molecule has 2 nitrogen and oxygen atoms in total. The van der Waals surface area contributed by atoms with Gasteiger partial charge in [-0.1, -0.05) is 36.4 Å². The smallest absolute Gasteiger partial charge is 0.311 e. The molecule has 0 amide bonds. The number of carbonyl (C=O) groups is 1. The molecular weight excluding hydrogens is 268 g/mol. The van der Waals surface area contributed by atoms with E-state index in [1.54, 1.807) is 11.8 Å². The van der Waals surface area contributed by atoms with Crippen molar-refractivity contribution >= 4 is 17.7 Å². The molecule has 1 aliphatic rings. The van der Waals surface area contributed by atoms with E-state index in [4.69, 9.17) is 0 Å². The molecule has 3 heteroatoms. The summed E-state index contributed by atoms with van der Waals surface area (Å²) in [5, 5.41) is 9.40. The lowest BCUT2D eigenvalue weighted by Gasteiger charge is -2.12. The molecule has 0 radical (unpaired) electrons. The second-order valence-electron chi connectivity index (χ2n) is 5.08. The SMILES string of the molecule is CSc1ccc(C2CC(C(=O)O)c3ccccc32)cc1. The largest absolute Gasteiger partial charge is 0.481 e. The van der Waals surface area contributed by atoms with Gasteiger partial charge in [-0.05, 0) is 41.5 Å². The average Bonchev–Trinajstić information content (AvgIpc) is 2.87. The summed E-state index contributed by atoms with van der Waals surface area (Å²) in [7, 11) is 0. The van der Waals surface area contributed by atoms with Gasteiger partial charge in [0.1, 0.15) is 0 Å². The number of hydrogen-bond donors (Lipinski definition) is 1. The van der Waals surface area contributed by atoms with Gasteiger partial charge in [0, 0.05) is 10.8 Å². The van der Waals surface area contributed by atoms with E-state index in [1.165, 1.54) is 10.5 Å². The van der Waals surface area contributed by atoms with Crippen molar-refractivity contribution in [2.45, 2.75) is 23.2 Å². The number of carboxylic acid groups (broad SMARTS) is 1. The Labute approximate surface area is 122 Å². The maximum atomic E-state index is 11.4. The Bertz CT molecular complexity index is 634. The van der Waals surface area contributed by atoms with E-state index in [1.807, 2.05) is 18.2 Å². The molecule has 0 heterocycles. The summed E-state index contributed by atoms with van der Waals surface area (Å²) in [5.74, 6) is -0.902. The molecule has 0 spiro atoms. The fourth-order valence-electron chi connectivity index (χ4n) is 3.02. The monoisotopic (exact) mass is 284 g/mol. The Hall–Kier alpha value is -1.74. The number of carboxylic acids is 1. The van der Waals surface area contributed by atoms with E-state index in [2.05, 4.69) is 36.6 Å². The number of thioether (sulfide) groups is 1. The molecule has 0 saturated heterocycles. The van der Waals surface area contributed by atoms with Gasteiger partial charge < -0.3 is 5.11 Å². The Morgan fingerprint density at radius 1 is 1.10 bits per heavy atom.